The average Bonchev–Trinajstić information content (AvgIpc) is 1.90. The van der Waals surface area contributed by atoms with Crippen LogP contribution >= 0.6 is 0 Å². The topological polar surface area (TPSA) is 23.1 Å². The van der Waals surface area contributed by atoms with Crippen LogP contribution in [0.5, 0.6) is 0 Å². The van der Waals surface area contributed by atoms with Gasteiger partial charge in [-0.05, 0) is 6.92 Å². The van der Waals surface area contributed by atoms with Gasteiger partial charge in [-0.3, -0.25) is 0 Å². The molecule has 0 N–H and O–H groups in total. The van der Waals surface area contributed by atoms with Crippen molar-refractivity contribution >= 4 is 0 Å². The monoisotopic (exact) mass is 160 g/mol. The molecule has 0 aliphatic heterocycles. The van der Waals surface area contributed by atoms with Crippen LogP contribution in [0.3, 0.4) is 0 Å². The molecule has 0 heterocycles. The Hall–Kier alpha value is 0.816. The van der Waals surface area contributed by atoms with Crippen molar-refractivity contribution in [1.29, 1.82) is 0 Å². The number of hydrogen-bond acceptors (Lipinski definition) is 1. The van der Waals surface area contributed by atoms with Crippen molar-refractivity contribution in [1.82, 2.24) is 0 Å². The summed E-state index contributed by atoms with van der Waals surface area (Å²) in [4.78, 5) is 0. The van der Waals surface area contributed by atoms with Gasteiger partial charge in [-0.1, -0.05) is 35.4 Å². The fraction of sp³-hybridized carbons (Fsp3) is 0.250. The number of aryl methyl sites for hydroxylation is 1. The van der Waals surface area contributed by atoms with Gasteiger partial charge in [0.2, 0.25) is 0 Å². The minimum Gasteiger partial charge on any atom is -0.851 e. The first-order chi connectivity index (χ1) is 4.33. The third kappa shape index (κ3) is 3.28. The Kier molecular flexibility index (Phi) is 5.91. The third-order valence-corrected chi connectivity index (χ3v) is 1.29. The maximum Gasteiger partial charge on any atom is 1.00 e. The van der Waals surface area contributed by atoms with Crippen LogP contribution in [0.1, 0.15) is 11.1 Å². The van der Waals surface area contributed by atoms with Gasteiger partial charge in [0.1, 0.15) is 0 Å². The Labute approximate surface area is 104 Å². The van der Waals surface area contributed by atoms with E-state index >= 15 is 0 Å². The number of rotatable bonds is 1. The summed E-state index contributed by atoms with van der Waals surface area (Å²) in [5.74, 6) is 0. The Morgan fingerprint density at radius 3 is 2.10 bits per heavy atom. The van der Waals surface area contributed by atoms with Crippen LogP contribution in [-0.2, 0) is 6.61 Å². The van der Waals surface area contributed by atoms with E-state index in [0.29, 0.717) is 0 Å². The van der Waals surface area contributed by atoms with Crippen molar-refractivity contribution in [2.24, 2.45) is 0 Å². The van der Waals surface area contributed by atoms with E-state index in [1.807, 2.05) is 31.2 Å². The molecule has 0 spiro atoms. The van der Waals surface area contributed by atoms with E-state index < -0.39 is 0 Å². The van der Waals surface area contributed by atoms with Gasteiger partial charge < -0.3 is 5.11 Å². The molecule has 0 aliphatic rings. The SMILES string of the molecule is Cc1ccc(C[O-])cc1.[K+]. The number of benzene rings is 1. The molecule has 0 unspecified atom stereocenters. The Bertz CT molecular complexity index is 181. The van der Waals surface area contributed by atoms with Crippen LogP contribution in [0, 0.1) is 6.92 Å². The molecule has 0 radical (unpaired) electrons. The predicted octanol–water partition coefficient (Wildman–Crippen LogP) is -2.14. The molecule has 0 fully saturated rings. The molecule has 1 nitrogen and oxygen atoms in total. The van der Waals surface area contributed by atoms with E-state index in [4.69, 9.17) is 0 Å². The summed E-state index contributed by atoms with van der Waals surface area (Å²) < 4.78 is 0. The Morgan fingerprint density at radius 1 is 1.20 bits per heavy atom. The quantitative estimate of drug-likeness (QED) is 0.430. The van der Waals surface area contributed by atoms with Crippen LogP contribution < -0.4 is 56.5 Å². The molecule has 1 rings (SSSR count). The minimum atomic E-state index is -0.111. The van der Waals surface area contributed by atoms with Crippen molar-refractivity contribution < 1.29 is 56.5 Å². The molecule has 0 atom stereocenters. The molecule has 10 heavy (non-hydrogen) atoms. The summed E-state index contributed by atoms with van der Waals surface area (Å²) >= 11 is 0. The van der Waals surface area contributed by atoms with E-state index in [9.17, 15) is 5.11 Å². The van der Waals surface area contributed by atoms with Gasteiger partial charge in [0.05, 0.1) is 0 Å². The van der Waals surface area contributed by atoms with Crippen molar-refractivity contribution in [2.45, 2.75) is 13.5 Å². The van der Waals surface area contributed by atoms with Crippen molar-refractivity contribution in [3.63, 3.8) is 0 Å². The van der Waals surface area contributed by atoms with Gasteiger partial charge in [0.15, 0.2) is 0 Å². The van der Waals surface area contributed by atoms with Crippen LogP contribution in [0.15, 0.2) is 24.3 Å². The summed E-state index contributed by atoms with van der Waals surface area (Å²) in [5.41, 5.74) is 2.06. The van der Waals surface area contributed by atoms with E-state index in [0.717, 1.165) is 5.56 Å². The molecule has 0 bridgehead atoms. The van der Waals surface area contributed by atoms with E-state index in [-0.39, 0.29) is 58.0 Å². The first kappa shape index (κ1) is 10.8. The van der Waals surface area contributed by atoms with Crippen LogP contribution in [0.2, 0.25) is 0 Å². The smallest absolute Gasteiger partial charge is 0.851 e. The van der Waals surface area contributed by atoms with Gasteiger partial charge >= 0.3 is 51.4 Å². The summed E-state index contributed by atoms with van der Waals surface area (Å²) in [7, 11) is 0. The van der Waals surface area contributed by atoms with Gasteiger partial charge in [-0.2, -0.15) is 0 Å². The van der Waals surface area contributed by atoms with E-state index in [2.05, 4.69) is 0 Å². The molecule has 1 aromatic rings. The first-order valence-corrected chi connectivity index (χ1v) is 2.96. The molecule has 2 heteroatoms. The van der Waals surface area contributed by atoms with Gasteiger partial charge in [0, 0.05) is 0 Å². The molecular weight excluding hydrogens is 151 g/mol. The zero-order valence-electron chi connectivity index (χ0n) is 6.42. The zero-order valence-corrected chi connectivity index (χ0v) is 9.55. The fourth-order valence-electron chi connectivity index (χ4n) is 0.684. The second kappa shape index (κ2) is 5.46. The van der Waals surface area contributed by atoms with Crippen LogP contribution in [0.4, 0.5) is 0 Å². The van der Waals surface area contributed by atoms with E-state index in [1.165, 1.54) is 5.56 Å². The van der Waals surface area contributed by atoms with Crippen molar-refractivity contribution in [3.05, 3.63) is 35.4 Å². The third-order valence-electron chi connectivity index (χ3n) is 1.29. The first-order valence-electron chi connectivity index (χ1n) is 2.96. The Balaban J connectivity index is 0.000000810. The molecular formula is C8H9KO. The van der Waals surface area contributed by atoms with Crippen LogP contribution in [0.25, 0.3) is 0 Å². The molecule has 0 saturated heterocycles. The van der Waals surface area contributed by atoms with Gasteiger partial charge in [-0.15, -0.1) is 6.61 Å². The fourth-order valence-corrected chi connectivity index (χ4v) is 0.684. The van der Waals surface area contributed by atoms with Crippen molar-refractivity contribution in [2.75, 3.05) is 0 Å². The number of hydrogen-bond donors (Lipinski definition) is 0. The molecule has 0 aromatic heterocycles. The zero-order chi connectivity index (χ0) is 6.69. The summed E-state index contributed by atoms with van der Waals surface area (Å²) in [6.45, 7) is 1.90. The summed E-state index contributed by atoms with van der Waals surface area (Å²) in [6, 6.07) is 7.63. The minimum absolute atomic E-state index is 0. The van der Waals surface area contributed by atoms with Gasteiger partial charge in [0.25, 0.3) is 0 Å². The second-order valence-electron chi connectivity index (χ2n) is 2.13. The standard InChI is InChI=1S/C8H9O.K/c1-7-2-4-8(6-9)5-3-7;/h2-5H,6H2,1H3;/q-1;+1. The molecule has 1 aromatic carbocycles. The maximum atomic E-state index is 10.2. The molecule has 0 amide bonds. The average molecular weight is 160 g/mol. The predicted molar refractivity (Wildman–Crippen MR) is 34.9 cm³/mol. The second-order valence-corrected chi connectivity index (χ2v) is 2.13. The molecule has 48 valence electrons. The van der Waals surface area contributed by atoms with Crippen LogP contribution in [-0.4, -0.2) is 0 Å². The van der Waals surface area contributed by atoms with Gasteiger partial charge in [-0.25, -0.2) is 0 Å². The normalized spacial score (nSPS) is 8.60. The molecule has 0 aliphatic carbocycles. The largest absolute Gasteiger partial charge is 1.00 e. The maximum absolute atomic E-state index is 10.2. The summed E-state index contributed by atoms with van der Waals surface area (Å²) in [6.07, 6.45) is 0. The van der Waals surface area contributed by atoms with Crippen molar-refractivity contribution in [3.8, 4) is 0 Å². The Morgan fingerprint density at radius 2 is 1.70 bits per heavy atom. The molecule has 0 saturated carbocycles. The summed E-state index contributed by atoms with van der Waals surface area (Å²) in [5, 5.41) is 10.2. The van der Waals surface area contributed by atoms with E-state index in [1.54, 1.807) is 0 Å².